The summed E-state index contributed by atoms with van der Waals surface area (Å²) in [6, 6.07) is 6.98. The van der Waals surface area contributed by atoms with Gasteiger partial charge < -0.3 is 24.3 Å². The third-order valence-corrected chi connectivity index (χ3v) is 6.95. The van der Waals surface area contributed by atoms with Crippen molar-refractivity contribution in [3.63, 3.8) is 0 Å². The van der Waals surface area contributed by atoms with Crippen LogP contribution < -0.4 is 5.32 Å². The molecule has 7 heteroatoms. The molecule has 1 aromatic rings. The first kappa shape index (κ1) is 22.8. The standard InChI is InChI=1S/C25H32N2O5/c1-16(2)6-11-20-24(3,32-20)23-22(29-5)19(12-13-25(23)15-30-25)31-21(28)14-27-18-9-7-17(26-4)8-10-18/h6-10,19-20,22-23,27H,11-15H2,1-3,5H3. The van der Waals surface area contributed by atoms with Gasteiger partial charge >= 0.3 is 5.97 Å². The second-order valence-electron chi connectivity index (χ2n) is 9.42. The lowest BCUT2D eigenvalue weighted by Crippen LogP contribution is -2.55. The Morgan fingerprint density at radius 1 is 1.34 bits per heavy atom. The van der Waals surface area contributed by atoms with Gasteiger partial charge in [-0.2, -0.15) is 0 Å². The zero-order valence-electron chi connectivity index (χ0n) is 19.2. The van der Waals surface area contributed by atoms with Crippen LogP contribution in [0.25, 0.3) is 4.85 Å². The van der Waals surface area contributed by atoms with Crippen LogP contribution in [0.15, 0.2) is 35.9 Å². The van der Waals surface area contributed by atoms with E-state index in [2.05, 4.69) is 37.0 Å². The molecule has 2 heterocycles. The van der Waals surface area contributed by atoms with Crippen molar-refractivity contribution in [1.82, 2.24) is 0 Å². The smallest absolute Gasteiger partial charge is 0.325 e. The minimum absolute atomic E-state index is 0.0104. The molecule has 0 amide bonds. The number of ether oxygens (including phenoxy) is 4. The SMILES string of the molecule is [C-]#[N+]c1ccc(NCC(=O)OC2CCC3(CO3)C(C3(C)OC3CC=C(C)C)C2OC)cc1. The van der Waals surface area contributed by atoms with Gasteiger partial charge in [-0.25, -0.2) is 4.85 Å². The van der Waals surface area contributed by atoms with Crippen molar-refractivity contribution in [2.45, 2.75) is 69.5 Å². The van der Waals surface area contributed by atoms with Crippen LogP contribution >= 0.6 is 0 Å². The number of esters is 1. The number of hydrogen-bond acceptors (Lipinski definition) is 6. The molecule has 1 spiro atoms. The van der Waals surface area contributed by atoms with Crippen molar-refractivity contribution in [3.05, 3.63) is 47.3 Å². The van der Waals surface area contributed by atoms with Gasteiger partial charge in [-0.05, 0) is 52.2 Å². The molecular weight excluding hydrogens is 408 g/mol. The molecule has 3 fully saturated rings. The average Bonchev–Trinajstić information content (AvgIpc) is 3.69. The Morgan fingerprint density at radius 2 is 2.06 bits per heavy atom. The van der Waals surface area contributed by atoms with Gasteiger partial charge in [0.05, 0.1) is 25.2 Å². The van der Waals surface area contributed by atoms with Crippen LogP contribution in [0.3, 0.4) is 0 Å². The number of allylic oxidation sites excluding steroid dienone is 1. The monoisotopic (exact) mass is 440 g/mol. The third kappa shape index (κ3) is 4.54. The van der Waals surface area contributed by atoms with Gasteiger partial charge in [0.15, 0.2) is 5.69 Å². The first-order valence-electron chi connectivity index (χ1n) is 11.2. The first-order valence-corrected chi connectivity index (χ1v) is 11.2. The summed E-state index contributed by atoms with van der Waals surface area (Å²) in [6.07, 6.45) is 4.09. The van der Waals surface area contributed by atoms with E-state index < -0.39 is 0 Å². The Hall–Kier alpha value is -2.40. The highest BCUT2D eigenvalue weighted by molar-refractivity contribution is 5.75. The van der Waals surface area contributed by atoms with E-state index in [-0.39, 0.29) is 47.9 Å². The Bertz CT molecular complexity index is 913. The van der Waals surface area contributed by atoms with Gasteiger partial charge in [-0.15, -0.1) is 0 Å². The van der Waals surface area contributed by atoms with E-state index >= 15 is 0 Å². The summed E-state index contributed by atoms with van der Waals surface area (Å²) in [5.41, 5.74) is 2.02. The Labute approximate surface area is 189 Å². The van der Waals surface area contributed by atoms with Crippen molar-refractivity contribution in [3.8, 4) is 0 Å². The molecule has 1 saturated carbocycles. The quantitative estimate of drug-likeness (QED) is 0.282. The molecule has 2 saturated heterocycles. The van der Waals surface area contributed by atoms with E-state index in [0.29, 0.717) is 18.7 Å². The summed E-state index contributed by atoms with van der Waals surface area (Å²) in [7, 11) is 1.67. The zero-order valence-corrected chi connectivity index (χ0v) is 19.2. The van der Waals surface area contributed by atoms with Crippen LogP contribution in [0, 0.1) is 12.5 Å². The van der Waals surface area contributed by atoms with Crippen molar-refractivity contribution in [2.75, 3.05) is 25.6 Å². The fourth-order valence-corrected chi connectivity index (χ4v) is 5.11. The van der Waals surface area contributed by atoms with Crippen LogP contribution in [0.1, 0.15) is 40.0 Å². The number of methoxy groups -OCH3 is 1. The zero-order chi connectivity index (χ0) is 22.9. The van der Waals surface area contributed by atoms with Gasteiger partial charge in [-0.1, -0.05) is 23.8 Å². The first-order chi connectivity index (χ1) is 15.3. The maximum Gasteiger partial charge on any atom is 0.325 e. The molecule has 6 unspecified atom stereocenters. The minimum Gasteiger partial charge on any atom is -0.458 e. The summed E-state index contributed by atoms with van der Waals surface area (Å²) < 4.78 is 23.9. The minimum atomic E-state index is -0.350. The van der Waals surface area contributed by atoms with Crippen molar-refractivity contribution in [2.24, 2.45) is 5.92 Å². The summed E-state index contributed by atoms with van der Waals surface area (Å²) in [5, 5.41) is 3.06. The topological polar surface area (TPSA) is 77.0 Å². The molecule has 0 radical (unpaired) electrons. The van der Waals surface area contributed by atoms with E-state index in [0.717, 1.165) is 18.5 Å². The highest BCUT2D eigenvalue weighted by Crippen LogP contribution is 2.59. The van der Waals surface area contributed by atoms with E-state index in [9.17, 15) is 4.79 Å². The lowest BCUT2D eigenvalue weighted by atomic mass is 9.68. The summed E-state index contributed by atoms with van der Waals surface area (Å²) in [4.78, 5) is 16.0. The number of benzene rings is 1. The van der Waals surface area contributed by atoms with Crippen LogP contribution in [0.5, 0.6) is 0 Å². The molecule has 6 atom stereocenters. The van der Waals surface area contributed by atoms with Gasteiger partial charge in [0.2, 0.25) is 0 Å². The normalized spacial score (nSPS) is 35.0. The van der Waals surface area contributed by atoms with Crippen molar-refractivity contribution >= 4 is 17.3 Å². The van der Waals surface area contributed by atoms with Crippen LogP contribution in [0.2, 0.25) is 0 Å². The fraction of sp³-hybridized carbons (Fsp3) is 0.600. The number of carbonyl (C=O) groups excluding carboxylic acids is 1. The summed E-state index contributed by atoms with van der Waals surface area (Å²) >= 11 is 0. The molecule has 0 bridgehead atoms. The highest BCUT2D eigenvalue weighted by Gasteiger charge is 2.72. The summed E-state index contributed by atoms with van der Waals surface area (Å²) in [6.45, 7) is 14.1. The number of anilines is 1. The largest absolute Gasteiger partial charge is 0.458 e. The van der Waals surface area contributed by atoms with Gasteiger partial charge in [0, 0.05) is 12.8 Å². The lowest BCUT2D eigenvalue weighted by Gasteiger charge is -2.42. The number of rotatable bonds is 8. The second kappa shape index (κ2) is 8.86. The van der Waals surface area contributed by atoms with E-state index in [4.69, 9.17) is 25.5 Å². The molecule has 3 aliphatic rings. The maximum absolute atomic E-state index is 12.6. The fourth-order valence-electron chi connectivity index (χ4n) is 5.11. The van der Waals surface area contributed by atoms with Crippen LogP contribution in [-0.2, 0) is 23.7 Å². The number of nitrogens with one attached hydrogen (secondary N) is 1. The number of nitrogens with zero attached hydrogens (tertiary/aromatic N) is 1. The van der Waals surface area contributed by atoms with Crippen LogP contribution in [-0.4, -0.2) is 55.7 Å². The van der Waals surface area contributed by atoms with E-state index in [1.807, 2.05) is 0 Å². The average molecular weight is 441 g/mol. The Balaban J connectivity index is 1.39. The summed E-state index contributed by atoms with van der Waals surface area (Å²) in [5.74, 6) is -0.322. The van der Waals surface area contributed by atoms with Gasteiger partial charge in [0.25, 0.3) is 0 Å². The van der Waals surface area contributed by atoms with E-state index in [1.54, 1.807) is 31.4 Å². The predicted octanol–water partition coefficient (Wildman–Crippen LogP) is 4.27. The lowest BCUT2D eigenvalue weighted by molar-refractivity contribution is -0.170. The number of hydrogen-bond donors (Lipinski definition) is 1. The Morgan fingerprint density at radius 3 is 2.66 bits per heavy atom. The molecule has 4 rings (SSSR count). The molecule has 0 aromatic heterocycles. The van der Waals surface area contributed by atoms with Crippen molar-refractivity contribution in [1.29, 1.82) is 0 Å². The van der Waals surface area contributed by atoms with Gasteiger partial charge in [-0.3, -0.25) is 4.79 Å². The third-order valence-electron chi connectivity index (χ3n) is 6.95. The molecule has 7 nitrogen and oxygen atoms in total. The van der Waals surface area contributed by atoms with E-state index in [1.165, 1.54) is 5.57 Å². The molecule has 1 aromatic carbocycles. The molecular formula is C25H32N2O5. The molecule has 2 aliphatic heterocycles. The number of carbonyl (C=O) groups is 1. The molecule has 1 aliphatic carbocycles. The molecule has 1 N–H and O–H groups in total. The maximum atomic E-state index is 12.6. The molecule has 172 valence electrons. The van der Waals surface area contributed by atoms with Crippen molar-refractivity contribution < 1.29 is 23.7 Å². The number of epoxide rings is 2. The highest BCUT2D eigenvalue weighted by atomic mass is 16.6. The van der Waals surface area contributed by atoms with Gasteiger partial charge in [0.1, 0.15) is 30.0 Å². The van der Waals surface area contributed by atoms with Crippen LogP contribution in [0.4, 0.5) is 11.4 Å². The molecule has 32 heavy (non-hydrogen) atoms. The second-order valence-corrected chi connectivity index (χ2v) is 9.42. The predicted molar refractivity (Wildman–Crippen MR) is 121 cm³/mol. The Kier molecular flexibility index (Phi) is 6.30.